The molecule has 0 N–H and O–H groups in total. The summed E-state index contributed by atoms with van der Waals surface area (Å²) in [6, 6.07) is 2.17. The van der Waals surface area contributed by atoms with Gasteiger partial charge in [0, 0.05) is 0 Å². The molecule has 6 heavy (non-hydrogen) atoms. The Bertz CT molecular complexity index is 107. The molecule has 1 rings (SSSR count). The third-order valence-corrected chi connectivity index (χ3v) is 2.34. The monoisotopic (exact) mass is 146 g/mol. The molecular formula is C5H6Se. The summed E-state index contributed by atoms with van der Waals surface area (Å²) in [5.74, 6) is 0. The molecule has 0 fully saturated rings. The van der Waals surface area contributed by atoms with Crippen LogP contribution in [0.1, 0.15) is 5.56 Å². The molecule has 1 heterocycles. The molecular weight excluding hydrogens is 139 g/mol. The first-order valence-corrected chi connectivity index (χ1v) is 3.86. The van der Waals surface area contributed by atoms with Gasteiger partial charge in [-0.2, -0.15) is 0 Å². The zero-order valence-electron chi connectivity index (χ0n) is 3.64. The molecule has 32 valence electrons. The van der Waals surface area contributed by atoms with Crippen molar-refractivity contribution < 1.29 is 0 Å². The van der Waals surface area contributed by atoms with E-state index in [1.807, 2.05) is 0 Å². The van der Waals surface area contributed by atoms with Crippen molar-refractivity contribution in [2.75, 3.05) is 0 Å². The van der Waals surface area contributed by atoms with E-state index < -0.39 is 0 Å². The van der Waals surface area contributed by atoms with E-state index in [0.29, 0.717) is 14.5 Å². The summed E-state index contributed by atoms with van der Waals surface area (Å²) in [7, 11) is 0. The number of rotatable bonds is 0. The van der Waals surface area contributed by atoms with Gasteiger partial charge < -0.3 is 0 Å². The van der Waals surface area contributed by atoms with Gasteiger partial charge in [-0.3, -0.25) is 0 Å². The van der Waals surface area contributed by atoms with E-state index in [9.17, 15) is 0 Å². The van der Waals surface area contributed by atoms with Crippen molar-refractivity contribution in [2.45, 2.75) is 6.92 Å². The third-order valence-electron chi connectivity index (χ3n) is 0.663. The van der Waals surface area contributed by atoms with E-state index in [0.717, 1.165) is 0 Å². The first kappa shape index (κ1) is 4.17. The number of hydrogen-bond acceptors (Lipinski definition) is 0. The Morgan fingerprint density at radius 2 is 2.50 bits per heavy atom. The van der Waals surface area contributed by atoms with Gasteiger partial charge in [0.1, 0.15) is 0 Å². The summed E-state index contributed by atoms with van der Waals surface area (Å²) in [5.41, 5.74) is 1.43. The standard InChI is InChI=1S/C5H6Se/c1-5-2-3-6-4-5/h2-4H,1H3. The van der Waals surface area contributed by atoms with E-state index in [-0.39, 0.29) is 0 Å². The zero-order chi connectivity index (χ0) is 4.41. The molecule has 0 atom stereocenters. The molecule has 0 aliphatic rings. The van der Waals surface area contributed by atoms with Crippen LogP contribution in [0.25, 0.3) is 0 Å². The molecule has 0 saturated heterocycles. The van der Waals surface area contributed by atoms with Crippen LogP contribution >= 0.6 is 0 Å². The molecule has 0 amide bonds. The molecule has 0 aliphatic heterocycles. The second-order valence-corrected chi connectivity index (χ2v) is 2.94. The van der Waals surface area contributed by atoms with Gasteiger partial charge in [-0.1, -0.05) is 0 Å². The summed E-state index contributed by atoms with van der Waals surface area (Å²) >= 11 is 0.698. The number of hydrogen-bond donors (Lipinski definition) is 0. The summed E-state index contributed by atoms with van der Waals surface area (Å²) in [4.78, 5) is 4.50. The first-order chi connectivity index (χ1) is 2.89. The van der Waals surface area contributed by atoms with Gasteiger partial charge in [0.05, 0.1) is 0 Å². The van der Waals surface area contributed by atoms with Crippen LogP contribution in [0, 0.1) is 6.92 Å². The molecule has 0 nitrogen and oxygen atoms in total. The van der Waals surface area contributed by atoms with Gasteiger partial charge in [-0.05, 0) is 0 Å². The van der Waals surface area contributed by atoms with Crippen LogP contribution in [0.3, 0.4) is 0 Å². The fourth-order valence-electron chi connectivity index (χ4n) is 0.333. The van der Waals surface area contributed by atoms with Crippen LogP contribution in [0.15, 0.2) is 15.9 Å². The van der Waals surface area contributed by atoms with Crippen molar-refractivity contribution in [3.05, 3.63) is 21.5 Å². The third kappa shape index (κ3) is 0.734. The van der Waals surface area contributed by atoms with Crippen molar-refractivity contribution in [1.82, 2.24) is 0 Å². The van der Waals surface area contributed by atoms with Gasteiger partial charge >= 0.3 is 42.9 Å². The van der Waals surface area contributed by atoms with E-state index in [4.69, 9.17) is 0 Å². The first-order valence-electron chi connectivity index (χ1n) is 1.88. The zero-order valence-corrected chi connectivity index (χ0v) is 5.35. The van der Waals surface area contributed by atoms with Crippen molar-refractivity contribution in [2.24, 2.45) is 0 Å². The molecule has 0 spiro atoms. The predicted octanol–water partition coefficient (Wildman–Crippen LogP) is 1.05. The van der Waals surface area contributed by atoms with Crippen LogP contribution in [0.4, 0.5) is 0 Å². The fraction of sp³-hybridized carbons (Fsp3) is 0.200. The molecule has 1 aromatic rings. The Balaban J connectivity index is 3.05. The molecule has 1 aromatic heterocycles. The Morgan fingerprint density at radius 1 is 1.67 bits per heavy atom. The predicted molar refractivity (Wildman–Crippen MR) is 28.1 cm³/mol. The van der Waals surface area contributed by atoms with E-state index in [2.05, 4.69) is 22.9 Å². The molecule has 0 radical (unpaired) electrons. The molecule has 0 bridgehead atoms. The Morgan fingerprint density at radius 3 is 2.67 bits per heavy atom. The van der Waals surface area contributed by atoms with Gasteiger partial charge in [-0.25, -0.2) is 0 Å². The summed E-state index contributed by atoms with van der Waals surface area (Å²) < 4.78 is 0. The average Bonchev–Trinajstić information content (AvgIpc) is 1.86. The normalized spacial score (nSPS) is 8.83. The van der Waals surface area contributed by atoms with Crippen LogP contribution in [0.5, 0.6) is 0 Å². The Labute approximate surface area is 43.6 Å². The van der Waals surface area contributed by atoms with Crippen molar-refractivity contribution >= 4 is 14.5 Å². The Hall–Kier alpha value is -0.000519. The molecule has 0 unspecified atom stereocenters. The molecule has 0 aromatic carbocycles. The summed E-state index contributed by atoms with van der Waals surface area (Å²) in [6.07, 6.45) is 0. The van der Waals surface area contributed by atoms with Crippen LogP contribution in [0.2, 0.25) is 0 Å². The van der Waals surface area contributed by atoms with Crippen molar-refractivity contribution in [3.63, 3.8) is 0 Å². The number of aryl methyl sites for hydroxylation is 1. The summed E-state index contributed by atoms with van der Waals surface area (Å²) in [5, 5.41) is 0. The fourth-order valence-corrected chi connectivity index (χ4v) is 1.73. The quantitative estimate of drug-likeness (QED) is 0.478. The minimum atomic E-state index is 0.698. The van der Waals surface area contributed by atoms with Crippen molar-refractivity contribution in [3.8, 4) is 0 Å². The van der Waals surface area contributed by atoms with Crippen LogP contribution in [-0.2, 0) is 0 Å². The second kappa shape index (κ2) is 1.63. The van der Waals surface area contributed by atoms with Gasteiger partial charge in [0.2, 0.25) is 0 Å². The SMILES string of the molecule is Cc1cc[se]c1. The van der Waals surface area contributed by atoms with Crippen LogP contribution in [-0.4, -0.2) is 14.5 Å². The van der Waals surface area contributed by atoms with Crippen molar-refractivity contribution in [1.29, 1.82) is 0 Å². The van der Waals surface area contributed by atoms with Gasteiger partial charge in [0.15, 0.2) is 0 Å². The Kier molecular flexibility index (Phi) is 1.13. The molecule has 0 aliphatic carbocycles. The van der Waals surface area contributed by atoms with Gasteiger partial charge in [-0.15, -0.1) is 0 Å². The average molecular weight is 145 g/mol. The maximum absolute atomic E-state index is 2.27. The van der Waals surface area contributed by atoms with Crippen LogP contribution < -0.4 is 0 Å². The van der Waals surface area contributed by atoms with E-state index in [1.165, 1.54) is 5.56 Å². The molecule has 1 heteroatoms. The maximum atomic E-state index is 2.27. The minimum absolute atomic E-state index is 0.698. The summed E-state index contributed by atoms with van der Waals surface area (Å²) in [6.45, 7) is 2.13. The topological polar surface area (TPSA) is 0 Å². The van der Waals surface area contributed by atoms with Gasteiger partial charge in [0.25, 0.3) is 0 Å². The molecule has 0 saturated carbocycles. The second-order valence-electron chi connectivity index (χ2n) is 1.30. The van der Waals surface area contributed by atoms with E-state index >= 15 is 0 Å². The van der Waals surface area contributed by atoms with E-state index in [1.54, 1.807) is 0 Å².